The van der Waals surface area contributed by atoms with Gasteiger partial charge in [0.15, 0.2) is 0 Å². The van der Waals surface area contributed by atoms with E-state index in [9.17, 15) is 0 Å². The standard InChI is InChI=1S/C16H23N3O/c1-4-20-10-15-18-14-9-17-13-8-6-5-7-12(13)16(14)19(15)11(2)3/h9,11H,4-8,10H2,1-3H3. The van der Waals surface area contributed by atoms with E-state index >= 15 is 0 Å². The van der Waals surface area contributed by atoms with Crippen molar-refractivity contribution < 1.29 is 4.74 Å². The van der Waals surface area contributed by atoms with Crippen LogP contribution in [0.1, 0.15) is 56.7 Å². The second-order valence-electron chi connectivity index (χ2n) is 5.75. The van der Waals surface area contributed by atoms with Crippen molar-refractivity contribution in [2.45, 2.75) is 59.1 Å². The van der Waals surface area contributed by atoms with Gasteiger partial charge in [0, 0.05) is 18.3 Å². The summed E-state index contributed by atoms with van der Waals surface area (Å²) in [5, 5.41) is 0. The number of fused-ring (bicyclic) bond motifs is 3. The quantitative estimate of drug-likeness (QED) is 0.857. The topological polar surface area (TPSA) is 39.9 Å². The largest absolute Gasteiger partial charge is 0.374 e. The van der Waals surface area contributed by atoms with Crippen LogP contribution in [0.2, 0.25) is 0 Å². The van der Waals surface area contributed by atoms with Crippen molar-refractivity contribution in [1.82, 2.24) is 14.5 Å². The third-order valence-electron chi connectivity index (χ3n) is 4.03. The molecule has 0 fully saturated rings. The maximum atomic E-state index is 5.58. The lowest BCUT2D eigenvalue weighted by Gasteiger charge is -2.19. The molecule has 20 heavy (non-hydrogen) atoms. The molecule has 0 N–H and O–H groups in total. The van der Waals surface area contributed by atoms with Crippen molar-refractivity contribution in [3.63, 3.8) is 0 Å². The molecular weight excluding hydrogens is 250 g/mol. The van der Waals surface area contributed by atoms with Gasteiger partial charge in [-0.2, -0.15) is 0 Å². The molecule has 0 amide bonds. The average Bonchev–Trinajstić information content (AvgIpc) is 2.84. The second-order valence-corrected chi connectivity index (χ2v) is 5.75. The summed E-state index contributed by atoms with van der Waals surface area (Å²) in [6.07, 6.45) is 6.69. The van der Waals surface area contributed by atoms with E-state index in [0.29, 0.717) is 12.6 Å². The summed E-state index contributed by atoms with van der Waals surface area (Å²) in [6.45, 7) is 7.75. The molecule has 1 aliphatic carbocycles. The summed E-state index contributed by atoms with van der Waals surface area (Å²) in [5.41, 5.74) is 5.00. The third-order valence-corrected chi connectivity index (χ3v) is 4.03. The summed E-state index contributed by atoms with van der Waals surface area (Å²) in [7, 11) is 0. The molecular formula is C16H23N3O. The number of aryl methyl sites for hydroxylation is 2. The van der Waals surface area contributed by atoms with Crippen LogP contribution < -0.4 is 0 Å². The molecule has 0 unspecified atom stereocenters. The van der Waals surface area contributed by atoms with Crippen LogP contribution in [0, 0.1) is 0 Å². The van der Waals surface area contributed by atoms with Crippen LogP contribution in [0.25, 0.3) is 11.0 Å². The summed E-state index contributed by atoms with van der Waals surface area (Å²) >= 11 is 0. The normalized spacial score (nSPS) is 15.0. The van der Waals surface area contributed by atoms with Crippen molar-refractivity contribution in [3.05, 3.63) is 23.3 Å². The van der Waals surface area contributed by atoms with Gasteiger partial charge in [0.05, 0.1) is 11.7 Å². The lowest BCUT2D eigenvalue weighted by molar-refractivity contribution is 0.125. The molecule has 0 saturated heterocycles. The zero-order chi connectivity index (χ0) is 14.1. The molecule has 2 aromatic rings. The van der Waals surface area contributed by atoms with Crippen LogP contribution in [-0.2, 0) is 24.2 Å². The first-order valence-corrected chi connectivity index (χ1v) is 7.67. The lowest BCUT2D eigenvalue weighted by atomic mass is 9.95. The SMILES string of the molecule is CCOCc1nc2cnc3c(c2n1C(C)C)CCCC3. The minimum absolute atomic E-state index is 0.392. The van der Waals surface area contributed by atoms with Gasteiger partial charge in [0.1, 0.15) is 17.9 Å². The molecule has 3 rings (SSSR count). The molecule has 4 heteroatoms. The Morgan fingerprint density at radius 1 is 1.30 bits per heavy atom. The fourth-order valence-electron chi connectivity index (χ4n) is 3.17. The van der Waals surface area contributed by atoms with E-state index < -0.39 is 0 Å². The van der Waals surface area contributed by atoms with E-state index in [-0.39, 0.29) is 0 Å². The zero-order valence-electron chi connectivity index (χ0n) is 12.6. The molecule has 4 nitrogen and oxygen atoms in total. The number of hydrogen-bond acceptors (Lipinski definition) is 3. The highest BCUT2D eigenvalue weighted by Gasteiger charge is 2.21. The molecule has 0 bridgehead atoms. The Morgan fingerprint density at radius 2 is 2.10 bits per heavy atom. The van der Waals surface area contributed by atoms with E-state index in [4.69, 9.17) is 9.72 Å². The Hall–Kier alpha value is -1.42. The highest BCUT2D eigenvalue weighted by atomic mass is 16.5. The van der Waals surface area contributed by atoms with Crippen molar-refractivity contribution in [3.8, 4) is 0 Å². The van der Waals surface area contributed by atoms with Gasteiger partial charge in [-0.05, 0) is 52.0 Å². The Morgan fingerprint density at radius 3 is 2.85 bits per heavy atom. The highest BCUT2D eigenvalue weighted by molar-refractivity contribution is 5.80. The van der Waals surface area contributed by atoms with Gasteiger partial charge in [-0.15, -0.1) is 0 Å². The fourth-order valence-corrected chi connectivity index (χ4v) is 3.17. The Balaban J connectivity index is 2.19. The van der Waals surface area contributed by atoms with Crippen molar-refractivity contribution in [2.75, 3.05) is 6.61 Å². The molecule has 0 radical (unpaired) electrons. The van der Waals surface area contributed by atoms with Gasteiger partial charge in [-0.25, -0.2) is 4.98 Å². The van der Waals surface area contributed by atoms with Crippen molar-refractivity contribution in [2.24, 2.45) is 0 Å². The second kappa shape index (κ2) is 5.52. The minimum atomic E-state index is 0.392. The van der Waals surface area contributed by atoms with Crippen LogP contribution in [0.3, 0.4) is 0 Å². The highest BCUT2D eigenvalue weighted by Crippen LogP contribution is 2.30. The molecule has 0 saturated carbocycles. The van der Waals surface area contributed by atoms with E-state index in [0.717, 1.165) is 30.8 Å². The van der Waals surface area contributed by atoms with Gasteiger partial charge in [-0.1, -0.05) is 0 Å². The Labute approximate surface area is 120 Å². The molecule has 2 aromatic heterocycles. The number of rotatable bonds is 4. The molecule has 1 aliphatic rings. The van der Waals surface area contributed by atoms with Gasteiger partial charge < -0.3 is 9.30 Å². The summed E-state index contributed by atoms with van der Waals surface area (Å²) in [5.74, 6) is 1.03. The van der Waals surface area contributed by atoms with Gasteiger partial charge in [0.2, 0.25) is 0 Å². The average molecular weight is 273 g/mol. The summed E-state index contributed by atoms with van der Waals surface area (Å²) in [4.78, 5) is 9.38. The molecule has 0 atom stereocenters. The van der Waals surface area contributed by atoms with Crippen LogP contribution in [0.4, 0.5) is 0 Å². The monoisotopic (exact) mass is 273 g/mol. The van der Waals surface area contributed by atoms with E-state index in [1.807, 2.05) is 13.1 Å². The van der Waals surface area contributed by atoms with Crippen molar-refractivity contribution >= 4 is 11.0 Å². The van der Waals surface area contributed by atoms with E-state index in [1.54, 1.807) is 0 Å². The summed E-state index contributed by atoms with van der Waals surface area (Å²) < 4.78 is 7.92. The first-order valence-electron chi connectivity index (χ1n) is 7.67. The van der Waals surface area contributed by atoms with Gasteiger partial charge >= 0.3 is 0 Å². The van der Waals surface area contributed by atoms with Gasteiger partial charge in [0.25, 0.3) is 0 Å². The van der Waals surface area contributed by atoms with Crippen LogP contribution in [0.15, 0.2) is 6.20 Å². The zero-order valence-corrected chi connectivity index (χ0v) is 12.6. The van der Waals surface area contributed by atoms with E-state index in [2.05, 4.69) is 23.4 Å². The maximum Gasteiger partial charge on any atom is 0.136 e. The van der Waals surface area contributed by atoms with Crippen LogP contribution in [-0.4, -0.2) is 21.1 Å². The first kappa shape index (κ1) is 13.6. The van der Waals surface area contributed by atoms with E-state index in [1.165, 1.54) is 29.6 Å². The Kier molecular flexibility index (Phi) is 3.74. The van der Waals surface area contributed by atoms with Crippen molar-refractivity contribution in [1.29, 1.82) is 0 Å². The predicted molar refractivity (Wildman–Crippen MR) is 79.9 cm³/mol. The Bertz CT molecular complexity index is 616. The summed E-state index contributed by atoms with van der Waals surface area (Å²) in [6, 6.07) is 0.392. The lowest BCUT2D eigenvalue weighted by Crippen LogP contribution is -2.12. The molecule has 0 aromatic carbocycles. The molecule has 2 heterocycles. The third kappa shape index (κ3) is 2.22. The fraction of sp³-hybridized carbons (Fsp3) is 0.625. The number of hydrogen-bond donors (Lipinski definition) is 0. The number of ether oxygens (including phenoxy) is 1. The number of nitrogens with zero attached hydrogens (tertiary/aromatic N) is 3. The number of pyridine rings is 1. The maximum absolute atomic E-state index is 5.58. The number of imidazole rings is 1. The molecule has 0 spiro atoms. The predicted octanol–water partition coefficient (Wildman–Crippen LogP) is 3.43. The minimum Gasteiger partial charge on any atom is -0.374 e. The first-order chi connectivity index (χ1) is 9.72. The molecule has 0 aliphatic heterocycles. The smallest absolute Gasteiger partial charge is 0.136 e. The van der Waals surface area contributed by atoms with Gasteiger partial charge in [-0.3, -0.25) is 4.98 Å². The van der Waals surface area contributed by atoms with Crippen LogP contribution in [0.5, 0.6) is 0 Å². The molecule has 108 valence electrons. The van der Waals surface area contributed by atoms with Crippen LogP contribution >= 0.6 is 0 Å². The number of aromatic nitrogens is 3.